The Morgan fingerprint density at radius 2 is 2.31 bits per heavy atom. The number of rotatable bonds is 5. The number of aromatic nitrogens is 2. The summed E-state index contributed by atoms with van der Waals surface area (Å²) >= 11 is 1.10. The van der Waals surface area contributed by atoms with Crippen LogP contribution in [-0.4, -0.2) is 43.2 Å². The molecular formula is C8H13N3O4S. The molecule has 1 unspecified atom stereocenters. The zero-order valence-corrected chi connectivity index (χ0v) is 9.77. The number of hydrogen-bond donors (Lipinski definition) is 2. The molecule has 0 radical (unpaired) electrons. The summed E-state index contributed by atoms with van der Waals surface area (Å²) in [5.74, 6) is 0.513. The zero-order valence-electron chi connectivity index (χ0n) is 8.95. The molecule has 16 heavy (non-hydrogen) atoms. The molecule has 1 aromatic heterocycles. The van der Waals surface area contributed by atoms with E-state index < -0.39 is 11.0 Å². The van der Waals surface area contributed by atoms with Crippen LogP contribution in [0.4, 0.5) is 5.82 Å². The summed E-state index contributed by atoms with van der Waals surface area (Å²) in [5, 5.41) is 28.9. The number of nitrogens with zero attached hydrogens (tertiary/aromatic N) is 3. The van der Waals surface area contributed by atoms with E-state index in [9.17, 15) is 15.2 Å². The molecule has 2 N–H and O–H groups in total. The molecule has 0 aliphatic heterocycles. The van der Waals surface area contributed by atoms with E-state index in [4.69, 9.17) is 5.11 Å². The summed E-state index contributed by atoms with van der Waals surface area (Å²) in [4.78, 5) is 14.0. The average molecular weight is 247 g/mol. The van der Waals surface area contributed by atoms with E-state index in [1.807, 2.05) is 0 Å². The van der Waals surface area contributed by atoms with Gasteiger partial charge in [0.2, 0.25) is 5.82 Å². The fourth-order valence-corrected chi connectivity index (χ4v) is 2.11. The van der Waals surface area contributed by atoms with Crippen LogP contribution < -0.4 is 0 Å². The first-order chi connectivity index (χ1) is 7.47. The molecule has 0 saturated heterocycles. The number of hydrogen-bond acceptors (Lipinski definition) is 6. The van der Waals surface area contributed by atoms with Gasteiger partial charge in [-0.05, 0) is 9.91 Å². The van der Waals surface area contributed by atoms with Crippen molar-refractivity contribution in [1.29, 1.82) is 0 Å². The number of aliphatic hydroxyl groups is 2. The van der Waals surface area contributed by atoms with Crippen LogP contribution in [0, 0.1) is 17.0 Å². The van der Waals surface area contributed by atoms with E-state index in [0.717, 1.165) is 11.8 Å². The topological polar surface area (TPSA) is 101 Å². The number of imidazole rings is 1. The fraction of sp³-hybridized carbons (Fsp3) is 0.625. The first kappa shape index (κ1) is 12.9. The van der Waals surface area contributed by atoms with Crippen LogP contribution in [0.5, 0.6) is 0 Å². The quantitative estimate of drug-likeness (QED) is 0.434. The van der Waals surface area contributed by atoms with Crippen molar-refractivity contribution in [2.45, 2.75) is 18.1 Å². The van der Waals surface area contributed by atoms with Crippen LogP contribution in [0.25, 0.3) is 0 Å². The van der Waals surface area contributed by atoms with Crippen molar-refractivity contribution in [2.75, 3.05) is 12.4 Å². The molecule has 0 spiro atoms. The third-order valence-corrected chi connectivity index (χ3v) is 3.33. The molecule has 0 aliphatic rings. The van der Waals surface area contributed by atoms with Gasteiger partial charge in [0.05, 0.1) is 12.7 Å². The maximum atomic E-state index is 10.7. The molecule has 0 amide bonds. The normalized spacial score (nSPS) is 12.8. The fourth-order valence-electron chi connectivity index (χ4n) is 1.08. The minimum atomic E-state index is -0.889. The van der Waals surface area contributed by atoms with Crippen LogP contribution in [0.3, 0.4) is 0 Å². The maximum absolute atomic E-state index is 10.7. The van der Waals surface area contributed by atoms with Crippen molar-refractivity contribution in [3.63, 3.8) is 0 Å². The molecule has 1 rings (SSSR count). The van der Waals surface area contributed by atoms with Gasteiger partial charge >= 0.3 is 5.82 Å². The van der Waals surface area contributed by atoms with Gasteiger partial charge in [0.15, 0.2) is 5.03 Å². The van der Waals surface area contributed by atoms with E-state index in [0.29, 0.717) is 10.9 Å². The molecule has 8 heteroatoms. The Hall–Kier alpha value is -1.12. The minimum absolute atomic E-state index is 0.191. The SMILES string of the molecule is Cc1nc([N+](=O)[O-])c(SCC(O)CO)n1C. The van der Waals surface area contributed by atoms with Crippen molar-refractivity contribution in [1.82, 2.24) is 9.55 Å². The number of aryl methyl sites for hydroxylation is 1. The second-order valence-corrected chi connectivity index (χ2v) is 4.26. The second kappa shape index (κ2) is 5.28. The van der Waals surface area contributed by atoms with Gasteiger partial charge in [-0.25, -0.2) is 0 Å². The monoisotopic (exact) mass is 247 g/mol. The predicted octanol–water partition coefficient (Wildman–Crippen LogP) is 0.0820. The molecule has 1 heterocycles. The van der Waals surface area contributed by atoms with Crippen LogP contribution in [0.15, 0.2) is 5.03 Å². The maximum Gasteiger partial charge on any atom is 0.396 e. The van der Waals surface area contributed by atoms with Gasteiger partial charge < -0.3 is 20.3 Å². The molecule has 0 fully saturated rings. The first-order valence-corrected chi connectivity index (χ1v) is 5.55. The molecule has 1 aromatic rings. The first-order valence-electron chi connectivity index (χ1n) is 4.56. The van der Waals surface area contributed by atoms with Crippen LogP contribution in [-0.2, 0) is 7.05 Å². The highest BCUT2D eigenvalue weighted by Crippen LogP contribution is 2.29. The largest absolute Gasteiger partial charge is 0.396 e. The highest BCUT2D eigenvalue weighted by atomic mass is 32.2. The molecule has 0 saturated carbocycles. The molecular weight excluding hydrogens is 234 g/mol. The summed E-state index contributed by atoms with van der Waals surface area (Å²) < 4.78 is 1.59. The van der Waals surface area contributed by atoms with Crippen molar-refractivity contribution in [3.8, 4) is 0 Å². The molecule has 0 bridgehead atoms. The van der Waals surface area contributed by atoms with Gasteiger partial charge in [0, 0.05) is 19.7 Å². The van der Waals surface area contributed by atoms with Crippen LogP contribution >= 0.6 is 11.8 Å². The summed E-state index contributed by atoms with van der Waals surface area (Å²) in [7, 11) is 1.67. The highest BCUT2D eigenvalue weighted by Gasteiger charge is 2.24. The second-order valence-electron chi connectivity index (χ2n) is 3.25. The Balaban J connectivity index is 2.89. The Morgan fingerprint density at radius 1 is 1.69 bits per heavy atom. The van der Waals surface area contributed by atoms with E-state index in [1.54, 1.807) is 18.5 Å². The predicted molar refractivity (Wildman–Crippen MR) is 58.4 cm³/mol. The third-order valence-electron chi connectivity index (χ3n) is 2.05. The molecule has 0 aliphatic carbocycles. The van der Waals surface area contributed by atoms with Gasteiger partial charge in [0.1, 0.15) is 0 Å². The lowest BCUT2D eigenvalue weighted by Crippen LogP contribution is -2.15. The number of thioether (sulfide) groups is 1. The van der Waals surface area contributed by atoms with E-state index in [2.05, 4.69) is 4.98 Å². The Bertz CT molecular complexity index is 393. The lowest BCUT2D eigenvalue weighted by atomic mass is 10.4. The number of nitro groups is 1. The lowest BCUT2D eigenvalue weighted by molar-refractivity contribution is -0.392. The Morgan fingerprint density at radius 3 is 2.81 bits per heavy atom. The number of aliphatic hydroxyl groups excluding tert-OH is 2. The summed E-state index contributed by atoms with van der Waals surface area (Å²) in [6, 6.07) is 0. The Kier molecular flexibility index (Phi) is 4.27. The average Bonchev–Trinajstić information content (AvgIpc) is 2.53. The highest BCUT2D eigenvalue weighted by molar-refractivity contribution is 7.99. The molecule has 0 aromatic carbocycles. The van der Waals surface area contributed by atoms with Gasteiger partial charge in [0.25, 0.3) is 0 Å². The third kappa shape index (κ3) is 2.71. The van der Waals surface area contributed by atoms with Crippen molar-refractivity contribution >= 4 is 17.6 Å². The van der Waals surface area contributed by atoms with Gasteiger partial charge in [-0.1, -0.05) is 11.8 Å². The van der Waals surface area contributed by atoms with E-state index >= 15 is 0 Å². The Labute approximate surface area is 96.3 Å². The lowest BCUT2D eigenvalue weighted by Gasteiger charge is -2.06. The van der Waals surface area contributed by atoms with Gasteiger partial charge in [-0.3, -0.25) is 4.57 Å². The molecule has 90 valence electrons. The van der Waals surface area contributed by atoms with Gasteiger partial charge in [-0.15, -0.1) is 0 Å². The molecule has 1 atom stereocenters. The van der Waals surface area contributed by atoms with Crippen LogP contribution in [0.1, 0.15) is 5.82 Å². The molecule has 7 nitrogen and oxygen atoms in total. The van der Waals surface area contributed by atoms with Crippen molar-refractivity contribution in [2.24, 2.45) is 7.05 Å². The van der Waals surface area contributed by atoms with Crippen LogP contribution in [0.2, 0.25) is 0 Å². The summed E-state index contributed by atoms with van der Waals surface area (Å²) in [5.41, 5.74) is 0. The zero-order chi connectivity index (χ0) is 12.3. The summed E-state index contributed by atoms with van der Waals surface area (Å²) in [6.45, 7) is 1.30. The van der Waals surface area contributed by atoms with Crippen molar-refractivity contribution in [3.05, 3.63) is 15.9 Å². The summed E-state index contributed by atoms with van der Waals surface area (Å²) in [6.07, 6.45) is -0.889. The van der Waals surface area contributed by atoms with Crippen molar-refractivity contribution < 1.29 is 15.1 Å². The van der Waals surface area contributed by atoms with E-state index in [1.165, 1.54) is 0 Å². The minimum Gasteiger partial charge on any atom is -0.394 e. The van der Waals surface area contributed by atoms with E-state index in [-0.39, 0.29) is 18.2 Å². The smallest absolute Gasteiger partial charge is 0.394 e. The standard InChI is InChI=1S/C8H13N3O4S/c1-5-9-7(11(14)15)8(10(5)2)16-4-6(13)3-12/h6,12-13H,3-4H2,1-2H3. The van der Waals surface area contributed by atoms with Gasteiger partial charge in [-0.2, -0.15) is 0 Å².